The van der Waals surface area contributed by atoms with Crippen LogP contribution in [0.15, 0.2) is 24.8 Å². The van der Waals surface area contributed by atoms with E-state index in [1.165, 1.54) is 32.1 Å². The summed E-state index contributed by atoms with van der Waals surface area (Å²) in [5, 5.41) is 8.92. The SMILES string of the molecule is C=CC=CCCCCCC(CCCCC)CC(=O)O. The molecule has 0 saturated carbocycles. The molecule has 0 saturated heterocycles. The highest BCUT2D eigenvalue weighted by atomic mass is 16.4. The van der Waals surface area contributed by atoms with Gasteiger partial charge in [-0.25, -0.2) is 0 Å². The summed E-state index contributed by atoms with van der Waals surface area (Å²) >= 11 is 0. The zero-order valence-corrected chi connectivity index (χ0v) is 12.4. The number of unbranched alkanes of at least 4 members (excludes halogenated alkanes) is 5. The lowest BCUT2D eigenvalue weighted by atomic mass is 9.92. The Bertz CT molecular complexity index is 256. The van der Waals surface area contributed by atoms with E-state index in [1.807, 2.05) is 6.08 Å². The maximum atomic E-state index is 10.8. The Hall–Kier alpha value is -1.05. The highest BCUT2D eigenvalue weighted by molar-refractivity contribution is 5.66. The summed E-state index contributed by atoms with van der Waals surface area (Å²) in [4.78, 5) is 10.8. The first kappa shape index (κ1) is 17.9. The van der Waals surface area contributed by atoms with E-state index >= 15 is 0 Å². The van der Waals surface area contributed by atoms with Gasteiger partial charge in [-0.05, 0) is 31.6 Å². The Morgan fingerprint density at radius 1 is 1.16 bits per heavy atom. The van der Waals surface area contributed by atoms with Gasteiger partial charge in [-0.3, -0.25) is 4.79 Å². The highest BCUT2D eigenvalue weighted by Crippen LogP contribution is 2.21. The van der Waals surface area contributed by atoms with E-state index in [0.717, 1.165) is 25.7 Å². The Kier molecular flexibility index (Phi) is 12.6. The van der Waals surface area contributed by atoms with Crippen LogP contribution in [-0.4, -0.2) is 11.1 Å². The molecule has 0 aromatic heterocycles. The molecule has 19 heavy (non-hydrogen) atoms. The first-order chi connectivity index (χ1) is 9.20. The number of carboxylic acids is 1. The lowest BCUT2D eigenvalue weighted by molar-refractivity contribution is -0.138. The molecule has 0 spiro atoms. The third-order valence-corrected chi connectivity index (χ3v) is 3.43. The van der Waals surface area contributed by atoms with E-state index in [0.29, 0.717) is 12.3 Å². The van der Waals surface area contributed by atoms with Gasteiger partial charge in [0.15, 0.2) is 0 Å². The monoisotopic (exact) mass is 266 g/mol. The van der Waals surface area contributed by atoms with Crippen LogP contribution < -0.4 is 0 Å². The minimum atomic E-state index is -0.643. The van der Waals surface area contributed by atoms with Crippen LogP contribution in [0, 0.1) is 5.92 Å². The molecular formula is C17H30O2. The average molecular weight is 266 g/mol. The van der Waals surface area contributed by atoms with Gasteiger partial charge in [-0.1, -0.05) is 63.8 Å². The Morgan fingerprint density at radius 3 is 2.42 bits per heavy atom. The van der Waals surface area contributed by atoms with Crippen molar-refractivity contribution in [3.8, 4) is 0 Å². The molecule has 0 aliphatic carbocycles. The minimum Gasteiger partial charge on any atom is -0.481 e. The number of carbonyl (C=O) groups is 1. The van der Waals surface area contributed by atoms with Crippen molar-refractivity contribution in [3.63, 3.8) is 0 Å². The third-order valence-electron chi connectivity index (χ3n) is 3.43. The summed E-state index contributed by atoms with van der Waals surface area (Å²) in [5.41, 5.74) is 0. The van der Waals surface area contributed by atoms with Crippen LogP contribution >= 0.6 is 0 Å². The number of carboxylic acid groups (broad SMARTS) is 1. The molecule has 0 bridgehead atoms. The largest absolute Gasteiger partial charge is 0.481 e. The molecule has 2 heteroatoms. The molecule has 0 radical (unpaired) electrons. The molecule has 0 rings (SSSR count). The Labute approximate surface area is 118 Å². The molecule has 0 fully saturated rings. The van der Waals surface area contributed by atoms with Gasteiger partial charge < -0.3 is 5.11 Å². The molecule has 0 aromatic carbocycles. The summed E-state index contributed by atoms with van der Waals surface area (Å²) in [6.45, 7) is 5.82. The van der Waals surface area contributed by atoms with Gasteiger partial charge in [0.1, 0.15) is 0 Å². The van der Waals surface area contributed by atoms with Crippen LogP contribution in [0.3, 0.4) is 0 Å². The molecule has 1 N–H and O–H groups in total. The van der Waals surface area contributed by atoms with Gasteiger partial charge in [-0.2, -0.15) is 0 Å². The van der Waals surface area contributed by atoms with Crippen molar-refractivity contribution in [1.82, 2.24) is 0 Å². The fourth-order valence-corrected chi connectivity index (χ4v) is 2.34. The number of hydrogen-bond acceptors (Lipinski definition) is 1. The zero-order valence-electron chi connectivity index (χ0n) is 12.4. The molecule has 0 aliphatic heterocycles. The van der Waals surface area contributed by atoms with Crippen LogP contribution in [-0.2, 0) is 4.79 Å². The van der Waals surface area contributed by atoms with E-state index in [4.69, 9.17) is 5.11 Å². The minimum absolute atomic E-state index is 0.347. The van der Waals surface area contributed by atoms with Crippen LogP contribution in [0.2, 0.25) is 0 Å². The van der Waals surface area contributed by atoms with E-state index in [2.05, 4.69) is 19.6 Å². The standard InChI is InChI=1S/C17H30O2/c1-3-5-7-8-9-10-12-14-16(15-17(18)19)13-11-6-4-2/h3,5,7,16H,1,4,6,8-15H2,2H3,(H,18,19). The van der Waals surface area contributed by atoms with Crippen molar-refractivity contribution in [2.45, 2.75) is 71.1 Å². The third kappa shape index (κ3) is 13.2. The van der Waals surface area contributed by atoms with Gasteiger partial charge in [0.05, 0.1) is 0 Å². The second-order valence-corrected chi connectivity index (χ2v) is 5.26. The lowest BCUT2D eigenvalue weighted by Gasteiger charge is -2.14. The predicted molar refractivity (Wildman–Crippen MR) is 82.3 cm³/mol. The van der Waals surface area contributed by atoms with Crippen LogP contribution in [0.4, 0.5) is 0 Å². The smallest absolute Gasteiger partial charge is 0.303 e. The molecule has 2 nitrogen and oxygen atoms in total. The topological polar surface area (TPSA) is 37.3 Å². The highest BCUT2D eigenvalue weighted by Gasteiger charge is 2.12. The van der Waals surface area contributed by atoms with Gasteiger partial charge in [0, 0.05) is 6.42 Å². The zero-order chi connectivity index (χ0) is 14.3. The number of aliphatic carboxylic acids is 1. The summed E-state index contributed by atoms with van der Waals surface area (Å²) in [7, 11) is 0. The first-order valence-corrected chi connectivity index (χ1v) is 7.70. The van der Waals surface area contributed by atoms with Gasteiger partial charge >= 0.3 is 5.97 Å². The summed E-state index contributed by atoms with van der Waals surface area (Å²) in [6, 6.07) is 0. The summed E-state index contributed by atoms with van der Waals surface area (Å²) in [5.74, 6) is -0.261. The average Bonchev–Trinajstić information content (AvgIpc) is 2.37. The van der Waals surface area contributed by atoms with E-state index in [9.17, 15) is 4.79 Å². The summed E-state index contributed by atoms with van der Waals surface area (Å²) < 4.78 is 0. The van der Waals surface area contributed by atoms with Crippen molar-refractivity contribution in [2.24, 2.45) is 5.92 Å². The van der Waals surface area contributed by atoms with Crippen LogP contribution in [0.1, 0.15) is 71.1 Å². The predicted octanol–water partition coefficient (Wildman–Crippen LogP) is 5.35. The van der Waals surface area contributed by atoms with Crippen LogP contribution in [0.25, 0.3) is 0 Å². The van der Waals surface area contributed by atoms with Crippen molar-refractivity contribution >= 4 is 5.97 Å². The van der Waals surface area contributed by atoms with Gasteiger partial charge in [0.2, 0.25) is 0 Å². The fraction of sp³-hybridized carbons (Fsp3) is 0.706. The quantitative estimate of drug-likeness (QED) is 0.360. The lowest BCUT2D eigenvalue weighted by Crippen LogP contribution is -2.08. The number of rotatable bonds is 13. The van der Waals surface area contributed by atoms with Crippen molar-refractivity contribution in [3.05, 3.63) is 24.8 Å². The Balaban J connectivity index is 3.69. The van der Waals surface area contributed by atoms with E-state index in [-0.39, 0.29) is 0 Å². The normalized spacial score (nSPS) is 12.7. The van der Waals surface area contributed by atoms with Crippen molar-refractivity contribution in [1.29, 1.82) is 0 Å². The van der Waals surface area contributed by atoms with Crippen LogP contribution in [0.5, 0.6) is 0 Å². The molecule has 110 valence electrons. The maximum absolute atomic E-state index is 10.8. The molecule has 1 atom stereocenters. The first-order valence-electron chi connectivity index (χ1n) is 7.70. The van der Waals surface area contributed by atoms with E-state index < -0.39 is 5.97 Å². The second kappa shape index (κ2) is 13.4. The molecule has 0 heterocycles. The number of hydrogen-bond donors (Lipinski definition) is 1. The van der Waals surface area contributed by atoms with Gasteiger partial charge in [0.25, 0.3) is 0 Å². The fourth-order valence-electron chi connectivity index (χ4n) is 2.34. The second-order valence-electron chi connectivity index (χ2n) is 5.26. The van der Waals surface area contributed by atoms with Crippen molar-refractivity contribution in [2.75, 3.05) is 0 Å². The molecule has 0 aliphatic rings. The van der Waals surface area contributed by atoms with Gasteiger partial charge in [-0.15, -0.1) is 0 Å². The Morgan fingerprint density at radius 2 is 1.84 bits per heavy atom. The molecular weight excluding hydrogens is 236 g/mol. The van der Waals surface area contributed by atoms with E-state index in [1.54, 1.807) is 6.08 Å². The molecule has 0 amide bonds. The summed E-state index contributed by atoms with van der Waals surface area (Å²) in [6.07, 6.45) is 16.7. The number of allylic oxidation sites excluding steroid dienone is 3. The molecule has 1 unspecified atom stereocenters. The van der Waals surface area contributed by atoms with Crippen molar-refractivity contribution < 1.29 is 9.90 Å². The molecule has 0 aromatic rings. The maximum Gasteiger partial charge on any atom is 0.303 e.